The molecule has 0 atom stereocenters. The normalized spacial score (nSPS) is 16.6. The standard InChI is InChI=1S/C16H13N3O3S/c20-13(18-16-17-12(8-23-16)9-5-6-9)7-19-14(21)10-3-1-2-4-11(10)15(19)22/h1-4,8-9H,5-7H2,(H,17,18,20). The Balaban J connectivity index is 1.44. The monoisotopic (exact) mass is 327 g/mol. The van der Waals surface area contributed by atoms with Crippen molar-refractivity contribution in [3.63, 3.8) is 0 Å². The number of benzene rings is 1. The third kappa shape index (κ3) is 2.53. The molecule has 0 saturated heterocycles. The van der Waals surface area contributed by atoms with Gasteiger partial charge in [-0.25, -0.2) is 4.98 Å². The van der Waals surface area contributed by atoms with Crippen molar-refractivity contribution in [1.29, 1.82) is 0 Å². The Hall–Kier alpha value is -2.54. The van der Waals surface area contributed by atoms with Gasteiger partial charge >= 0.3 is 0 Å². The maximum atomic E-state index is 12.2. The summed E-state index contributed by atoms with van der Waals surface area (Å²) in [7, 11) is 0. The molecule has 2 aromatic rings. The van der Waals surface area contributed by atoms with Gasteiger partial charge < -0.3 is 5.32 Å². The number of anilines is 1. The maximum absolute atomic E-state index is 12.2. The average molecular weight is 327 g/mol. The van der Waals surface area contributed by atoms with Crippen LogP contribution >= 0.6 is 11.3 Å². The Morgan fingerprint density at radius 2 is 1.87 bits per heavy atom. The van der Waals surface area contributed by atoms with E-state index in [1.54, 1.807) is 24.3 Å². The quantitative estimate of drug-likeness (QED) is 0.874. The zero-order valence-electron chi connectivity index (χ0n) is 12.1. The topological polar surface area (TPSA) is 79.4 Å². The number of fused-ring (bicyclic) bond motifs is 1. The molecule has 4 rings (SSSR count). The zero-order valence-corrected chi connectivity index (χ0v) is 12.9. The highest BCUT2D eigenvalue weighted by molar-refractivity contribution is 7.13. The zero-order chi connectivity index (χ0) is 16.0. The first-order valence-corrected chi connectivity index (χ1v) is 8.22. The van der Waals surface area contributed by atoms with Gasteiger partial charge in [0, 0.05) is 11.3 Å². The highest BCUT2D eigenvalue weighted by atomic mass is 32.1. The first kappa shape index (κ1) is 14.1. The number of rotatable bonds is 4. The predicted octanol–water partition coefficient (Wildman–Crippen LogP) is 2.26. The summed E-state index contributed by atoms with van der Waals surface area (Å²) in [6.45, 7) is -0.301. The third-order valence-corrected chi connectivity index (χ3v) is 4.72. The van der Waals surface area contributed by atoms with Gasteiger partial charge in [0.2, 0.25) is 5.91 Å². The predicted molar refractivity (Wildman–Crippen MR) is 84.5 cm³/mol. The number of imide groups is 1. The van der Waals surface area contributed by atoms with E-state index >= 15 is 0 Å². The Morgan fingerprint density at radius 3 is 2.48 bits per heavy atom. The second-order valence-corrected chi connectivity index (χ2v) is 6.50. The van der Waals surface area contributed by atoms with Crippen molar-refractivity contribution in [2.45, 2.75) is 18.8 Å². The first-order chi connectivity index (χ1) is 11.1. The molecule has 1 aliphatic carbocycles. The number of carbonyl (C=O) groups excluding carboxylic acids is 3. The van der Waals surface area contributed by atoms with E-state index in [4.69, 9.17) is 0 Å². The number of hydrogen-bond donors (Lipinski definition) is 1. The summed E-state index contributed by atoms with van der Waals surface area (Å²) in [6.07, 6.45) is 2.29. The lowest BCUT2D eigenvalue weighted by atomic mass is 10.1. The lowest BCUT2D eigenvalue weighted by Crippen LogP contribution is -2.37. The SMILES string of the molecule is O=C(CN1C(=O)c2ccccc2C1=O)Nc1nc(C2CC2)cs1. The van der Waals surface area contributed by atoms with Crippen LogP contribution in [0.1, 0.15) is 45.2 Å². The lowest BCUT2D eigenvalue weighted by molar-refractivity contribution is -0.116. The number of hydrogen-bond acceptors (Lipinski definition) is 5. The lowest BCUT2D eigenvalue weighted by Gasteiger charge is -2.12. The highest BCUT2D eigenvalue weighted by Crippen LogP contribution is 2.40. The molecule has 116 valence electrons. The van der Waals surface area contributed by atoms with Gasteiger partial charge in [-0.15, -0.1) is 11.3 Å². The van der Waals surface area contributed by atoms with Crippen LogP contribution in [0.5, 0.6) is 0 Å². The number of thiazole rings is 1. The molecule has 7 heteroatoms. The van der Waals surface area contributed by atoms with E-state index in [0.29, 0.717) is 22.2 Å². The molecule has 1 aliphatic heterocycles. The molecule has 0 bridgehead atoms. The molecule has 0 spiro atoms. The van der Waals surface area contributed by atoms with Crippen molar-refractivity contribution in [3.05, 3.63) is 46.5 Å². The summed E-state index contributed by atoms with van der Waals surface area (Å²) in [5.41, 5.74) is 1.69. The molecule has 1 aromatic heterocycles. The molecule has 0 radical (unpaired) electrons. The van der Waals surface area contributed by atoms with E-state index in [1.165, 1.54) is 11.3 Å². The van der Waals surface area contributed by atoms with Gasteiger partial charge in [0.05, 0.1) is 16.8 Å². The van der Waals surface area contributed by atoms with Crippen LogP contribution in [-0.2, 0) is 4.79 Å². The fourth-order valence-corrected chi connectivity index (χ4v) is 3.40. The van der Waals surface area contributed by atoms with Crippen LogP contribution in [0.25, 0.3) is 0 Å². The van der Waals surface area contributed by atoms with Crippen molar-refractivity contribution in [3.8, 4) is 0 Å². The smallest absolute Gasteiger partial charge is 0.262 e. The van der Waals surface area contributed by atoms with E-state index < -0.39 is 17.7 Å². The van der Waals surface area contributed by atoms with Crippen molar-refractivity contribution in [1.82, 2.24) is 9.88 Å². The molecular weight excluding hydrogens is 314 g/mol. The second kappa shape index (κ2) is 5.27. The molecule has 2 aliphatic rings. The molecule has 23 heavy (non-hydrogen) atoms. The third-order valence-electron chi connectivity index (χ3n) is 3.94. The summed E-state index contributed by atoms with van der Waals surface area (Å²) in [6, 6.07) is 6.58. The molecular formula is C16H13N3O3S. The summed E-state index contributed by atoms with van der Waals surface area (Å²) in [4.78, 5) is 41.9. The van der Waals surface area contributed by atoms with Crippen LogP contribution in [0, 0.1) is 0 Å². The highest BCUT2D eigenvalue weighted by Gasteiger charge is 2.36. The summed E-state index contributed by atoms with van der Waals surface area (Å²) < 4.78 is 0. The van der Waals surface area contributed by atoms with Crippen LogP contribution in [0.3, 0.4) is 0 Å². The summed E-state index contributed by atoms with van der Waals surface area (Å²) in [5.74, 6) is -0.763. The van der Waals surface area contributed by atoms with E-state index in [1.807, 2.05) is 5.38 Å². The Morgan fingerprint density at radius 1 is 1.22 bits per heavy atom. The number of nitrogens with one attached hydrogen (secondary N) is 1. The fraction of sp³-hybridized carbons (Fsp3) is 0.250. The van der Waals surface area contributed by atoms with Gasteiger partial charge in [0.1, 0.15) is 6.54 Å². The van der Waals surface area contributed by atoms with Gasteiger partial charge in [0.25, 0.3) is 11.8 Å². The molecule has 1 aromatic carbocycles. The summed E-state index contributed by atoms with van der Waals surface area (Å²) >= 11 is 1.36. The molecule has 2 heterocycles. The first-order valence-electron chi connectivity index (χ1n) is 7.34. The molecule has 1 saturated carbocycles. The molecule has 1 N–H and O–H groups in total. The van der Waals surface area contributed by atoms with E-state index in [2.05, 4.69) is 10.3 Å². The van der Waals surface area contributed by atoms with Gasteiger partial charge in [-0.1, -0.05) is 12.1 Å². The second-order valence-electron chi connectivity index (χ2n) is 5.64. The van der Waals surface area contributed by atoms with Gasteiger partial charge in [-0.3, -0.25) is 19.3 Å². The maximum Gasteiger partial charge on any atom is 0.262 e. The largest absolute Gasteiger partial charge is 0.300 e. The van der Waals surface area contributed by atoms with Crippen molar-refractivity contribution >= 4 is 34.2 Å². The van der Waals surface area contributed by atoms with E-state index in [0.717, 1.165) is 23.4 Å². The van der Waals surface area contributed by atoms with Crippen LogP contribution in [0.15, 0.2) is 29.6 Å². The minimum Gasteiger partial charge on any atom is -0.300 e. The number of nitrogens with zero attached hydrogens (tertiary/aromatic N) is 2. The summed E-state index contributed by atoms with van der Waals surface area (Å²) in [5, 5.41) is 5.11. The van der Waals surface area contributed by atoms with Crippen LogP contribution < -0.4 is 5.32 Å². The molecule has 1 fully saturated rings. The van der Waals surface area contributed by atoms with Crippen LogP contribution in [0.2, 0.25) is 0 Å². The Labute approximate surface area is 136 Å². The van der Waals surface area contributed by atoms with E-state index in [9.17, 15) is 14.4 Å². The van der Waals surface area contributed by atoms with Crippen molar-refractivity contribution in [2.24, 2.45) is 0 Å². The van der Waals surface area contributed by atoms with Crippen molar-refractivity contribution in [2.75, 3.05) is 11.9 Å². The number of aromatic nitrogens is 1. The minimum absolute atomic E-state index is 0.301. The fourth-order valence-electron chi connectivity index (χ4n) is 2.60. The molecule has 3 amide bonds. The van der Waals surface area contributed by atoms with Crippen LogP contribution in [0.4, 0.5) is 5.13 Å². The van der Waals surface area contributed by atoms with Crippen molar-refractivity contribution < 1.29 is 14.4 Å². The molecule has 0 unspecified atom stereocenters. The minimum atomic E-state index is -0.432. The number of amides is 3. The number of carbonyl (C=O) groups is 3. The Bertz CT molecular complexity index is 790. The van der Waals surface area contributed by atoms with Gasteiger partial charge in [0.15, 0.2) is 5.13 Å². The van der Waals surface area contributed by atoms with Gasteiger partial charge in [-0.05, 0) is 25.0 Å². The van der Waals surface area contributed by atoms with E-state index in [-0.39, 0.29) is 6.54 Å². The average Bonchev–Trinajstić information content (AvgIpc) is 3.26. The van der Waals surface area contributed by atoms with Gasteiger partial charge in [-0.2, -0.15) is 0 Å². The Kier molecular flexibility index (Phi) is 3.23. The molecule has 6 nitrogen and oxygen atoms in total. The van der Waals surface area contributed by atoms with Crippen LogP contribution in [-0.4, -0.2) is 34.2 Å².